The van der Waals surface area contributed by atoms with Crippen LogP contribution in [-0.4, -0.2) is 16.7 Å². The number of nitrogens with one attached hydrogen (secondary N) is 1. The molecule has 2 aromatic rings. The van der Waals surface area contributed by atoms with Crippen molar-refractivity contribution in [1.29, 1.82) is 0 Å². The number of halogens is 3. The lowest BCUT2D eigenvalue weighted by atomic mass is 10.1. The Morgan fingerprint density at radius 1 is 1.24 bits per heavy atom. The highest BCUT2D eigenvalue weighted by atomic mass is 19.4. The summed E-state index contributed by atoms with van der Waals surface area (Å²) in [5, 5.41) is 7.13. The molecule has 0 radical (unpaired) electrons. The fraction of sp³-hybridized carbons (Fsp3) is 0.429. The topological polar surface area (TPSA) is 51.0 Å². The van der Waals surface area contributed by atoms with Crippen molar-refractivity contribution >= 4 is 0 Å². The van der Waals surface area contributed by atoms with Crippen LogP contribution >= 0.6 is 0 Å². The molecule has 21 heavy (non-hydrogen) atoms. The molecule has 1 aliphatic heterocycles. The maximum absolute atomic E-state index is 12.5. The predicted molar refractivity (Wildman–Crippen MR) is 68.5 cm³/mol. The molecule has 0 aliphatic carbocycles. The van der Waals surface area contributed by atoms with Gasteiger partial charge in [-0.3, -0.25) is 0 Å². The van der Waals surface area contributed by atoms with Crippen LogP contribution in [0.1, 0.15) is 41.7 Å². The summed E-state index contributed by atoms with van der Waals surface area (Å²) in [7, 11) is 0. The maximum atomic E-state index is 12.5. The summed E-state index contributed by atoms with van der Waals surface area (Å²) < 4.78 is 42.6. The van der Waals surface area contributed by atoms with Gasteiger partial charge in [0.05, 0.1) is 11.6 Å². The van der Waals surface area contributed by atoms with Gasteiger partial charge in [-0.1, -0.05) is 17.3 Å². The predicted octanol–water partition coefficient (Wildman–Crippen LogP) is 3.10. The summed E-state index contributed by atoms with van der Waals surface area (Å²) >= 11 is 0. The van der Waals surface area contributed by atoms with Crippen LogP contribution < -0.4 is 5.32 Å². The fourth-order valence-electron chi connectivity index (χ4n) is 2.37. The maximum Gasteiger partial charge on any atom is 0.416 e. The molecule has 2 heterocycles. The lowest BCUT2D eigenvalue weighted by Gasteiger charge is -2.06. The Bertz CT molecular complexity index is 601. The largest absolute Gasteiger partial charge is 0.416 e. The first-order valence-electron chi connectivity index (χ1n) is 6.74. The van der Waals surface area contributed by atoms with Crippen molar-refractivity contribution < 1.29 is 17.7 Å². The van der Waals surface area contributed by atoms with Crippen LogP contribution in [0.25, 0.3) is 0 Å². The van der Waals surface area contributed by atoms with Gasteiger partial charge in [0.1, 0.15) is 0 Å². The van der Waals surface area contributed by atoms with Gasteiger partial charge in [-0.05, 0) is 37.1 Å². The zero-order valence-electron chi connectivity index (χ0n) is 11.2. The van der Waals surface area contributed by atoms with Gasteiger partial charge in [-0.25, -0.2) is 0 Å². The summed E-state index contributed by atoms with van der Waals surface area (Å²) in [5.74, 6) is 1.04. The average Bonchev–Trinajstić information content (AvgIpc) is 3.08. The molecule has 1 saturated heterocycles. The first kappa shape index (κ1) is 14.1. The number of benzene rings is 1. The molecular formula is C14H14F3N3O. The van der Waals surface area contributed by atoms with Crippen molar-refractivity contribution in [2.45, 2.75) is 31.5 Å². The third kappa shape index (κ3) is 3.24. The quantitative estimate of drug-likeness (QED) is 0.946. The third-order valence-corrected chi connectivity index (χ3v) is 3.49. The highest BCUT2D eigenvalue weighted by molar-refractivity contribution is 5.26. The molecule has 1 N–H and O–H groups in total. The molecule has 4 nitrogen and oxygen atoms in total. The van der Waals surface area contributed by atoms with E-state index in [1.165, 1.54) is 12.1 Å². The second-order valence-electron chi connectivity index (χ2n) is 5.07. The lowest BCUT2D eigenvalue weighted by Crippen LogP contribution is -2.13. The number of aromatic nitrogens is 2. The number of rotatable bonds is 3. The zero-order chi connectivity index (χ0) is 14.9. The van der Waals surface area contributed by atoms with Crippen molar-refractivity contribution in [3.05, 3.63) is 47.1 Å². The third-order valence-electron chi connectivity index (χ3n) is 3.49. The van der Waals surface area contributed by atoms with Gasteiger partial charge in [-0.2, -0.15) is 18.2 Å². The van der Waals surface area contributed by atoms with E-state index >= 15 is 0 Å². The molecule has 1 aromatic heterocycles. The molecule has 1 aromatic carbocycles. The van der Waals surface area contributed by atoms with Gasteiger partial charge in [0.25, 0.3) is 0 Å². The van der Waals surface area contributed by atoms with Gasteiger partial charge in [-0.15, -0.1) is 0 Å². The molecule has 112 valence electrons. The summed E-state index contributed by atoms with van der Waals surface area (Å²) in [5.41, 5.74) is 0.0601. The molecule has 1 fully saturated rings. The van der Waals surface area contributed by atoms with Crippen molar-refractivity contribution in [3.63, 3.8) is 0 Å². The Kier molecular flexibility index (Phi) is 3.67. The van der Waals surface area contributed by atoms with E-state index in [4.69, 9.17) is 4.52 Å². The standard InChI is InChI=1S/C14H14F3N3O/c15-14(16,17)10-5-3-9(4-6-10)8-12-19-13(21-20-12)11-2-1-7-18-11/h3-6,11,18H,1-2,7-8H2. The van der Waals surface area contributed by atoms with Crippen molar-refractivity contribution in [2.24, 2.45) is 0 Å². The molecule has 0 amide bonds. The number of hydrogen-bond donors (Lipinski definition) is 1. The molecule has 1 atom stereocenters. The zero-order valence-corrected chi connectivity index (χ0v) is 11.2. The van der Waals surface area contributed by atoms with Crippen LogP contribution in [-0.2, 0) is 12.6 Å². The summed E-state index contributed by atoms with van der Waals surface area (Å²) in [4.78, 5) is 4.30. The smallest absolute Gasteiger partial charge is 0.338 e. The molecular weight excluding hydrogens is 283 g/mol. The van der Waals surface area contributed by atoms with E-state index in [1.807, 2.05) is 0 Å². The van der Waals surface area contributed by atoms with Crippen LogP contribution in [0.15, 0.2) is 28.8 Å². The minimum Gasteiger partial charge on any atom is -0.338 e. The fourth-order valence-corrected chi connectivity index (χ4v) is 2.37. The van der Waals surface area contributed by atoms with Crippen molar-refractivity contribution in [2.75, 3.05) is 6.54 Å². The normalized spacial score (nSPS) is 19.1. The van der Waals surface area contributed by atoms with Crippen molar-refractivity contribution in [3.8, 4) is 0 Å². The Morgan fingerprint density at radius 3 is 2.62 bits per heavy atom. The highest BCUT2D eigenvalue weighted by Gasteiger charge is 2.30. The van der Waals surface area contributed by atoms with Gasteiger partial charge in [0, 0.05) is 6.42 Å². The second kappa shape index (κ2) is 5.48. The van der Waals surface area contributed by atoms with E-state index < -0.39 is 11.7 Å². The Hall–Kier alpha value is -1.89. The summed E-state index contributed by atoms with van der Waals surface area (Å²) in [6, 6.07) is 5.10. The molecule has 0 spiro atoms. The first-order chi connectivity index (χ1) is 10.0. The van der Waals surface area contributed by atoms with Gasteiger partial charge >= 0.3 is 6.18 Å². The second-order valence-corrected chi connectivity index (χ2v) is 5.07. The molecule has 0 saturated carbocycles. The Labute approximate surface area is 119 Å². The van der Waals surface area contributed by atoms with Crippen molar-refractivity contribution in [1.82, 2.24) is 15.5 Å². The molecule has 7 heteroatoms. The van der Waals surface area contributed by atoms with Crippen LogP contribution in [0.5, 0.6) is 0 Å². The van der Waals surface area contributed by atoms with E-state index in [1.54, 1.807) is 0 Å². The minimum absolute atomic E-state index is 0.0962. The molecule has 1 unspecified atom stereocenters. The molecule has 0 bridgehead atoms. The van der Waals surface area contributed by atoms with E-state index in [9.17, 15) is 13.2 Å². The van der Waals surface area contributed by atoms with Crippen LogP contribution in [0.4, 0.5) is 13.2 Å². The van der Waals surface area contributed by atoms with E-state index in [0.29, 0.717) is 18.1 Å². The molecule has 1 aliphatic rings. The van der Waals surface area contributed by atoms with Gasteiger partial charge < -0.3 is 9.84 Å². The van der Waals surface area contributed by atoms with Crippen LogP contribution in [0.3, 0.4) is 0 Å². The van der Waals surface area contributed by atoms with Gasteiger partial charge in [0.15, 0.2) is 5.82 Å². The molecule has 3 rings (SSSR count). The monoisotopic (exact) mass is 297 g/mol. The van der Waals surface area contributed by atoms with Crippen LogP contribution in [0.2, 0.25) is 0 Å². The van der Waals surface area contributed by atoms with Crippen LogP contribution in [0, 0.1) is 0 Å². The first-order valence-corrected chi connectivity index (χ1v) is 6.74. The van der Waals surface area contributed by atoms with Gasteiger partial charge in [0.2, 0.25) is 5.89 Å². The SMILES string of the molecule is FC(F)(F)c1ccc(Cc2noc(C3CCCN3)n2)cc1. The summed E-state index contributed by atoms with van der Waals surface area (Å²) in [6.07, 6.45) is -1.93. The van der Waals surface area contributed by atoms with E-state index in [0.717, 1.165) is 37.1 Å². The number of alkyl halides is 3. The Morgan fingerprint density at radius 2 is 2.00 bits per heavy atom. The Balaban J connectivity index is 1.69. The summed E-state index contributed by atoms with van der Waals surface area (Å²) in [6.45, 7) is 0.932. The van der Waals surface area contributed by atoms with E-state index in [-0.39, 0.29) is 6.04 Å². The average molecular weight is 297 g/mol. The number of hydrogen-bond acceptors (Lipinski definition) is 4. The minimum atomic E-state index is -4.31. The number of nitrogens with zero attached hydrogens (tertiary/aromatic N) is 2. The lowest BCUT2D eigenvalue weighted by molar-refractivity contribution is -0.137. The highest BCUT2D eigenvalue weighted by Crippen LogP contribution is 2.29. The van der Waals surface area contributed by atoms with E-state index in [2.05, 4.69) is 15.5 Å².